The maximum atomic E-state index is 6.30. The summed E-state index contributed by atoms with van der Waals surface area (Å²) in [6.45, 7) is 9.65. The molecule has 0 saturated carbocycles. The minimum atomic E-state index is 0.0264. The fourth-order valence-corrected chi connectivity index (χ4v) is 2.29. The Hall–Kier alpha value is -1.61. The summed E-state index contributed by atoms with van der Waals surface area (Å²) in [5.74, 6) is 0. The molecule has 0 saturated heterocycles. The van der Waals surface area contributed by atoms with Crippen molar-refractivity contribution in [3.63, 3.8) is 0 Å². The van der Waals surface area contributed by atoms with Crippen LogP contribution in [-0.4, -0.2) is 9.78 Å². The average Bonchev–Trinajstić information content (AvgIpc) is 2.85. The molecule has 1 aromatic heterocycles. The number of aryl methyl sites for hydroxylation is 1. The predicted molar refractivity (Wildman–Crippen MR) is 83.7 cm³/mol. The summed E-state index contributed by atoms with van der Waals surface area (Å²) in [7, 11) is 0. The quantitative estimate of drug-likeness (QED) is 0.925. The first-order chi connectivity index (χ1) is 9.40. The van der Waals surface area contributed by atoms with Crippen LogP contribution in [0, 0.1) is 0 Å². The van der Waals surface area contributed by atoms with Crippen LogP contribution in [0.5, 0.6) is 0 Å². The lowest BCUT2D eigenvalue weighted by molar-refractivity contribution is 0.589. The second kappa shape index (κ2) is 5.80. The summed E-state index contributed by atoms with van der Waals surface area (Å²) >= 11 is 0. The van der Waals surface area contributed by atoms with Gasteiger partial charge in [-0.1, -0.05) is 45.0 Å². The van der Waals surface area contributed by atoms with Crippen LogP contribution < -0.4 is 5.73 Å². The highest BCUT2D eigenvalue weighted by Gasteiger charge is 2.14. The van der Waals surface area contributed by atoms with Crippen LogP contribution >= 0.6 is 0 Å². The molecule has 1 atom stereocenters. The van der Waals surface area contributed by atoms with E-state index in [-0.39, 0.29) is 11.5 Å². The summed E-state index contributed by atoms with van der Waals surface area (Å²) in [5, 5.41) is 4.29. The molecule has 3 heteroatoms. The van der Waals surface area contributed by atoms with Crippen molar-refractivity contribution in [2.45, 2.75) is 52.1 Å². The Bertz CT molecular complexity index is 546. The molecular formula is C17H25N3. The third kappa shape index (κ3) is 3.48. The molecule has 0 aliphatic rings. The van der Waals surface area contributed by atoms with E-state index in [0.717, 1.165) is 13.0 Å². The molecule has 0 radical (unpaired) electrons. The highest BCUT2D eigenvalue weighted by molar-refractivity contribution is 5.29. The lowest BCUT2D eigenvalue weighted by Gasteiger charge is -2.20. The molecule has 0 bridgehead atoms. The number of hydrogen-bond donors (Lipinski definition) is 1. The van der Waals surface area contributed by atoms with Crippen molar-refractivity contribution in [1.82, 2.24) is 9.78 Å². The van der Waals surface area contributed by atoms with E-state index >= 15 is 0 Å². The Morgan fingerprint density at radius 2 is 1.85 bits per heavy atom. The number of nitrogens with zero attached hydrogens (tertiary/aromatic N) is 2. The van der Waals surface area contributed by atoms with Gasteiger partial charge >= 0.3 is 0 Å². The Morgan fingerprint density at radius 1 is 1.20 bits per heavy atom. The van der Waals surface area contributed by atoms with Crippen LogP contribution in [0.25, 0.3) is 0 Å². The Balaban J connectivity index is 2.07. The van der Waals surface area contributed by atoms with Gasteiger partial charge in [0.25, 0.3) is 0 Å². The normalized spacial score (nSPS) is 13.4. The van der Waals surface area contributed by atoms with Gasteiger partial charge in [-0.25, -0.2) is 0 Å². The maximum Gasteiger partial charge on any atom is 0.0522 e. The summed E-state index contributed by atoms with van der Waals surface area (Å²) in [6, 6.07) is 8.69. The molecule has 2 N–H and O–H groups in total. The zero-order valence-corrected chi connectivity index (χ0v) is 12.9. The van der Waals surface area contributed by atoms with Gasteiger partial charge in [0, 0.05) is 18.8 Å². The monoisotopic (exact) mass is 271 g/mol. The first kappa shape index (κ1) is 14.8. The Morgan fingerprint density at radius 3 is 2.35 bits per heavy atom. The van der Waals surface area contributed by atoms with E-state index in [1.54, 1.807) is 0 Å². The molecule has 0 spiro atoms. The Labute approximate surface area is 121 Å². The summed E-state index contributed by atoms with van der Waals surface area (Å²) in [5.41, 5.74) is 10.2. The minimum Gasteiger partial charge on any atom is -0.324 e. The smallest absolute Gasteiger partial charge is 0.0522 e. The minimum absolute atomic E-state index is 0.0264. The van der Waals surface area contributed by atoms with E-state index in [4.69, 9.17) is 5.73 Å². The second-order valence-corrected chi connectivity index (χ2v) is 6.39. The van der Waals surface area contributed by atoms with Crippen molar-refractivity contribution in [2.24, 2.45) is 5.73 Å². The highest BCUT2D eigenvalue weighted by atomic mass is 15.3. The van der Waals surface area contributed by atoms with E-state index in [1.807, 2.05) is 10.9 Å². The van der Waals surface area contributed by atoms with E-state index in [2.05, 4.69) is 63.3 Å². The standard InChI is InChI=1S/C17H25N3/c1-5-20-12-13(11-19-20)10-16(18)14-6-8-15(9-7-14)17(2,3)4/h6-9,11-12,16H,5,10,18H2,1-4H3. The van der Waals surface area contributed by atoms with E-state index in [0.29, 0.717) is 0 Å². The highest BCUT2D eigenvalue weighted by Crippen LogP contribution is 2.24. The van der Waals surface area contributed by atoms with Gasteiger partial charge in [0.15, 0.2) is 0 Å². The van der Waals surface area contributed by atoms with Crippen molar-refractivity contribution < 1.29 is 0 Å². The van der Waals surface area contributed by atoms with Crippen molar-refractivity contribution >= 4 is 0 Å². The molecule has 1 heterocycles. The lowest BCUT2D eigenvalue weighted by Crippen LogP contribution is -2.15. The number of nitrogens with two attached hydrogens (primary N) is 1. The third-order valence-corrected chi connectivity index (χ3v) is 3.67. The van der Waals surface area contributed by atoms with Crippen LogP contribution in [0.15, 0.2) is 36.7 Å². The van der Waals surface area contributed by atoms with Gasteiger partial charge < -0.3 is 5.73 Å². The van der Waals surface area contributed by atoms with Gasteiger partial charge in [-0.2, -0.15) is 5.10 Å². The van der Waals surface area contributed by atoms with Crippen LogP contribution in [-0.2, 0) is 18.4 Å². The van der Waals surface area contributed by atoms with Gasteiger partial charge in [-0.3, -0.25) is 4.68 Å². The molecule has 108 valence electrons. The molecule has 0 aliphatic heterocycles. The molecule has 20 heavy (non-hydrogen) atoms. The van der Waals surface area contributed by atoms with Crippen molar-refractivity contribution in [1.29, 1.82) is 0 Å². The number of aromatic nitrogens is 2. The molecule has 2 rings (SSSR count). The number of rotatable bonds is 4. The zero-order chi connectivity index (χ0) is 14.8. The molecule has 2 aromatic rings. The van der Waals surface area contributed by atoms with Gasteiger partial charge in [-0.15, -0.1) is 0 Å². The van der Waals surface area contributed by atoms with E-state index in [9.17, 15) is 0 Å². The van der Waals surface area contributed by atoms with E-state index in [1.165, 1.54) is 16.7 Å². The fourth-order valence-electron chi connectivity index (χ4n) is 2.29. The van der Waals surface area contributed by atoms with Gasteiger partial charge in [0.2, 0.25) is 0 Å². The molecule has 0 amide bonds. The van der Waals surface area contributed by atoms with Crippen LogP contribution in [0.4, 0.5) is 0 Å². The van der Waals surface area contributed by atoms with Crippen molar-refractivity contribution in [2.75, 3.05) is 0 Å². The van der Waals surface area contributed by atoms with Gasteiger partial charge in [-0.05, 0) is 35.4 Å². The summed E-state index contributed by atoms with van der Waals surface area (Å²) in [4.78, 5) is 0. The lowest BCUT2D eigenvalue weighted by atomic mass is 9.86. The number of hydrogen-bond acceptors (Lipinski definition) is 2. The van der Waals surface area contributed by atoms with Crippen molar-refractivity contribution in [3.05, 3.63) is 53.3 Å². The topological polar surface area (TPSA) is 43.8 Å². The van der Waals surface area contributed by atoms with E-state index < -0.39 is 0 Å². The Kier molecular flexibility index (Phi) is 4.29. The van der Waals surface area contributed by atoms with Crippen LogP contribution in [0.2, 0.25) is 0 Å². The molecule has 3 nitrogen and oxygen atoms in total. The largest absolute Gasteiger partial charge is 0.324 e. The predicted octanol–water partition coefficient (Wildman–Crippen LogP) is 3.44. The average molecular weight is 271 g/mol. The summed E-state index contributed by atoms with van der Waals surface area (Å²) < 4.78 is 1.94. The fraction of sp³-hybridized carbons (Fsp3) is 0.471. The van der Waals surface area contributed by atoms with Crippen LogP contribution in [0.3, 0.4) is 0 Å². The van der Waals surface area contributed by atoms with Crippen molar-refractivity contribution in [3.8, 4) is 0 Å². The maximum absolute atomic E-state index is 6.30. The van der Waals surface area contributed by atoms with Gasteiger partial charge in [0.1, 0.15) is 0 Å². The first-order valence-electron chi connectivity index (χ1n) is 7.27. The molecule has 0 fully saturated rings. The molecule has 1 unspecified atom stereocenters. The first-order valence-corrected chi connectivity index (χ1v) is 7.27. The second-order valence-electron chi connectivity index (χ2n) is 6.39. The molecule has 1 aromatic carbocycles. The number of benzene rings is 1. The zero-order valence-electron chi connectivity index (χ0n) is 12.9. The van der Waals surface area contributed by atoms with Crippen LogP contribution in [0.1, 0.15) is 50.4 Å². The SMILES string of the molecule is CCn1cc(CC(N)c2ccc(C(C)(C)C)cc2)cn1. The van der Waals surface area contributed by atoms with Gasteiger partial charge in [0.05, 0.1) is 6.20 Å². The molecule has 0 aliphatic carbocycles. The summed E-state index contributed by atoms with van der Waals surface area (Å²) in [6.07, 6.45) is 4.81. The third-order valence-electron chi connectivity index (χ3n) is 3.67. The molecular weight excluding hydrogens is 246 g/mol.